The molecule has 0 bridgehead atoms. The largest absolute Gasteiger partial charge is 0.451 e. The number of carbonyl (C=O) groups excluding carboxylic acids is 2. The molecule has 4 rings (SSSR count). The number of hydrogen-bond donors (Lipinski definition) is 0. The van der Waals surface area contributed by atoms with Gasteiger partial charge >= 0.3 is 5.97 Å². The van der Waals surface area contributed by atoms with Crippen LogP contribution in [0.5, 0.6) is 0 Å². The number of rotatable bonds is 5. The lowest BCUT2D eigenvalue weighted by atomic mass is 9.87. The van der Waals surface area contributed by atoms with Crippen molar-refractivity contribution in [1.82, 2.24) is 9.88 Å². The summed E-state index contributed by atoms with van der Waals surface area (Å²) in [5.74, 6) is -0.193. The first kappa shape index (κ1) is 19.9. The Morgan fingerprint density at radius 3 is 2.67 bits per heavy atom. The summed E-state index contributed by atoms with van der Waals surface area (Å²) in [6.45, 7) is 1.32. The van der Waals surface area contributed by atoms with E-state index in [1.807, 2.05) is 42.5 Å². The molecule has 1 aliphatic carbocycles. The maximum Gasteiger partial charge on any atom is 0.361 e. The van der Waals surface area contributed by atoms with E-state index in [4.69, 9.17) is 9.15 Å². The van der Waals surface area contributed by atoms with Crippen molar-refractivity contribution in [2.45, 2.75) is 32.2 Å². The van der Waals surface area contributed by atoms with Gasteiger partial charge < -0.3 is 14.1 Å². The van der Waals surface area contributed by atoms with Gasteiger partial charge in [-0.15, -0.1) is 0 Å². The van der Waals surface area contributed by atoms with E-state index in [9.17, 15) is 9.59 Å². The molecule has 1 atom stereocenters. The standard InChI is InChI=1S/C24H24N2O4/c1-16-22(25-23(30-16)18-10-4-3-5-11-18)24(28)29-15-21(27)26(2)20-14-8-12-17-9-6-7-13-19(17)20/h3-7,9-11,13,20H,8,12,14-15H2,1-2H3/t20-/m0/s1. The second kappa shape index (κ2) is 8.53. The van der Waals surface area contributed by atoms with Crippen LogP contribution in [0.25, 0.3) is 11.5 Å². The molecule has 0 saturated heterocycles. The number of likely N-dealkylation sites (N-methyl/N-ethyl adjacent to an activating group) is 1. The van der Waals surface area contributed by atoms with Crippen LogP contribution in [-0.4, -0.2) is 35.4 Å². The van der Waals surface area contributed by atoms with Crippen LogP contribution >= 0.6 is 0 Å². The molecule has 6 heteroatoms. The van der Waals surface area contributed by atoms with Gasteiger partial charge in [0.1, 0.15) is 5.76 Å². The summed E-state index contributed by atoms with van der Waals surface area (Å²) in [5, 5.41) is 0. The van der Waals surface area contributed by atoms with E-state index >= 15 is 0 Å². The Morgan fingerprint density at radius 2 is 1.87 bits per heavy atom. The van der Waals surface area contributed by atoms with Crippen LogP contribution in [0.2, 0.25) is 0 Å². The van der Waals surface area contributed by atoms with Gasteiger partial charge in [-0.25, -0.2) is 9.78 Å². The van der Waals surface area contributed by atoms with Crippen molar-refractivity contribution in [3.63, 3.8) is 0 Å². The summed E-state index contributed by atoms with van der Waals surface area (Å²) in [6, 6.07) is 17.5. The van der Waals surface area contributed by atoms with E-state index < -0.39 is 5.97 Å². The van der Waals surface area contributed by atoms with Crippen molar-refractivity contribution in [1.29, 1.82) is 0 Å². The molecule has 0 radical (unpaired) electrons. The minimum absolute atomic E-state index is 0.000350. The molecular weight excluding hydrogens is 380 g/mol. The molecule has 0 N–H and O–H groups in total. The van der Waals surface area contributed by atoms with Crippen molar-refractivity contribution in [3.05, 3.63) is 77.2 Å². The number of fused-ring (bicyclic) bond motifs is 1. The fourth-order valence-electron chi connectivity index (χ4n) is 3.89. The summed E-state index contributed by atoms with van der Waals surface area (Å²) in [6.07, 6.45) is 2.95. The van der Waals surface area contributed by atoms with E-state index in [2.05, 4.69) is 17.1 Å². The molecule has 1 aliphatic rings. The Hall–Kier alpha value is -3.41. The zero-order valence-electron chi connectivity index (χ0n) is 17.1. The smallest absolute Gasteiger partial charge is 0.361 e. The molecule has 30 heavy (non-hydrogen) atoms. The van der Waals surface area contributed by atoms with Crippen LogP contribution in [0.3, 0.4) is 0 Å². The number of oxazole rings is 1. The lowest BCUT2D eigenvalue weighted by Crippen LogP contribution is -2.36. The molecule has 1 heterocycles. The Kier molecular flexibility index (Phi) is 5.65. The van der Waals surface area contributed by atoms with E-state index in [1.54, 1.807) is 18.9 Å². The Balaban J connectivity index is 1.41. The number of benzene rings is 2. The van der Waals surface area contributed by atoms with Gasteiger partial charge in [0.2, 0.25) is 5.89 Å². The number of aryl methyl sites for hydroxylation is 2. The molecule has 1 amide bonds. The van der Waals surface area contributed by atoms with Gasteiger partial charge in [-0.05, 0) is 49.4 Å². The van der Waals surface area contributed by atoms with Crippen LogP contribution in [0.4, 0.5) is 0 Å². The Morgan fingerprint density at radius 1 is 1.13 bits per heavy atom. The van der Waals surface area contributed by atoms with Crippen LogP contribution in [0.1, 0.15) is 46.3 Å². The van der Waals surface area contributed by atoms with E-state index in [-0.39, 0.29) is 24.2 Å². The molecule has 0 spiro atoms. The Bertz CT molecular complexity index is 1060. The fraction of sp³-hybridized carbons (Fsp3) is 0.292. The third kappa shape index (κ3) is 3.99. The summed E-state index contributed by atoms with van der Waals surface area (Å²) in [5.41, 5.74) is 3.31. The zero-order valence-corrected chi connectivity index (χ0v) is 17.1. The summed E-state index contributed by atoms with van der Waals surface area (Å²) < 4.78 is 10.9. The second-order valence-corrected chi connectivity index (χ2v) is 7.48. The van der Waals surface area contributed by atoms with Crippen LogP contribution < -0.4 is 0 Å². The minimum atomic E-state index is -0.663. The predicted molar refractivity (Wildman–Crippen MR) is 112 cm³/mol. The average Bonchev–Trinajstić information content (AvgIpc) is 3.18. The molecule has 6 nitrogen and oxygen atoms in total. The molecule has 1 aromatic heterocycles. The molecule has 0 saturated carbocycles. The topological polar surface area (TPSA) is 72.6 Å². The molecule has 0 unspecified atom stereocenters. The van der Waals surface area contributed by atoms with Gasteiger partial charge in [0.05, 0.1) is 6.04 Å². The van der Waals surface area contributed by atoms with Gasteiger partial charge in [-0.2, -0.15) is 0 Å². The van der Waals surface area contributed by atoms with E-state index in [0.717, 1.165) is 24.8 Å². The lowest BCUT2D eigenvalue weighted by molar-refractivity contribution is -0.135. The third-order valence-electron chi connectivity index (χ3n) is 5.54. The summed E-state index contributed by atoms with van der Waals surface area (Å²) in [4.78, 5) is 31.1. The average molecular weight is 404 g/mol. The number of carbonyl (C=O) groups is 2. The third-order valence-corrected chi connectivity index (χ3v) is 5.54. The predicted octanol–water partition coefficient (Wildman–Crippen LogP) is 4.34. The number of ether oxygens (including phenoxy) is 1. The highest BCUT2D eigenvalue weighted by molar-refractivity contribution is 5.91. The van der Waals surface area contributed by atoms with Gasteiger partial charge in [-0.3, -0.25) is 4.79 Å². The number of nitrogens with zero attached hydrogens (tertiary/aromatic N) is 2. The quantitative estimate of drug-likeness (QED) is 0.592. The maximum absolute atomic E-state index is 12.7. The highest BCUT2D eigenvalue weighted by Crippen LogP contribution is 2.33. The summed E-state index contributed by atoms with van der Waals surface area (Å²) in [7, 11) is 1.76. The zero-order chi connectivity index (χ0) is 21.1. The van der Waals surface area contributed by atoms with Crippen molar-refractivity contribution in [2.75, 3.05) is 13.7 Å². The molecule has 0 fully saturated rings. The number of hydrogen-bond acceptors (Lipinski definition) is 5. The van der Waals surface area contributed by atoms with Crippen LogP contribution in [0.15, 0.2) is 59.0 Å². The monoisotopic (exact) mass is 404 g/mol. The highest BCUT2D eigenvalue weighted by Gasteiger charge is 2.27. The van der Waals surface area contributed by atoms with Crippen molar-refractivity contribution in [3.8, 4) is 11.5 Å². The van der Waals surface area contributed by atoms with Crippen molar-refractivity contribution in [2.24, 2.45) is 0 Å². The molecule has 154 valence electrons. The van der Waals surface area contributed by atoms with Gasteiger partial charge in [-0.1, -0.05) is 42.5 Å². The maximum atomic E-state index is 12.7. The Labute approximate surface area is 175 Å². The first-order valence-electron chi connectivity index (χ1n) is 10.1. The number of amides is 1. The molecular formula is C24H24N2O4. The van der Waals surface area contributed by atoms with Gasteiger partial charge in [0.15, 0.2) is 12.3 Å². The van der Waals surface area contributed by atoms with Crippen LogP contribution in [0, 0.1) is 6.92 Å². The highest BCUT2D eigenvalue weighted by atomic mass is 16.5. The molecule has 0 aliphatic heterocycles. The first-order chi connectivity index (χ1) is 14.5. The van der Waals surface area contributed by atoms with Gasteiger partial charge in [0.25, 0.3) is 5.91 Å². The van der Waals surface area contributed by atoms with Gasteiger partial charge in [0, 0.05) is 12.6 Å². The van der Waals surface area contributed by atoms with Crippen molar-refractivity contribution >= 4 is 11.9 Å². The summed E-state index contributed by atoms with van der Waals surface area (Å²) >= 11 is 0. The second-order valence-electron chi connectivity index (χ2n) is 7.48. The fourth-order valence-corrected chi connectivity index (χ4v) is 3.89. The SMILES string of the molecule is Cc1oc(-c2ccccc2)nc1C(=O)OCC(=O)N(C)[C@H]1CCCc2ccccc21. The van der Waals surface area contributed by atoms with Crippen molar-refractivity contribution < 1.29 is 18.7 Å². The number of esters is 1. The number of aromatic nitrogens is 1. The molecule has 3 aromatic rings. The lowest BCUT2D eigenvalue weighted by Gasteiger charge is -2.33. The minimum Gasteiger partial charge on any atom is -0.451 e. The first-order valence-corrected chi connectivity index (χ1v) is 10.1. The van der Waals surface area contributed by atoms with E-state index in [1.165, 1.54) is 11.1 Å². The van der Waals surface area contributed by atoms with Crippen LogP contribution in [-0.2, 0) is 16.0 Å². The molecule has 2 aromatic carbocycles. The normalized spacial score (nSPS) is 15.3. The van der Waals surface area contributed by atoms with E-state index in [0.29, 0.717) is 11.7 Å².